The van der Waals surface area contributed by atoms with Crippen LogP contribution in [0.3, 0.4) is 0 Å². The molecule has 7 heteroatoms. The smallest absolute Gasteiger partial charge is 0.225 e. The van der Waals surface area contributed by atoms with E-state index in [9.17, 15) is 4.79 Å². The van der Waals surface area contributed by atoms with Crippen molar-refractivity contribution in [2.75, 3.05) is 24.5 Å². The lowest BCUT2D eigenvalue weighted by atomic mass is 9.97. The van der Waals surface area contributed by atoms with Crippen molar-refractivity contribution in [1.82, 2.24) is 19.9 Å². The fourth-order valence-corrected chi connectivity index (χ4v) is 3.88. The van der Waals surface area contributed by atoms with Crippen molar-refractivity contribution in [3.63, 3.8) is 0 Å². The Kier molecular flexibility index (Phi) is 5.25. The summed E-state index contributed by atoms with van der Waals surface area (Å²) < 4.78 is 2.12. The molecule has 1 aliphatic rings. The van der Waals surface area contributed by atoms with Gasteiger partial charge in [0.1, 0.15) is 0 Å². The third-order valence-electron chi connectivity index (χ3n) is 5.04. The second-order valence-corrected chi connectivity index (χ2v) is 7.21. The molecule has 27 heavy (non-hydrogen) atoms. The van der Waals surface area contributed by atoms with Gasteiger partial charge in [-0.2, -0.15) is 0 Å². The summed E-state index contributed by atoms with van der Waals surface area (Å²) in [7, 11) is 0. The van der Waals surface area contributed by atoms with Crippen molar-refractivity contribution >= 4 is 34.4 Å². The summed E-state index contributed by atoms with van der Waals surface area (Å²) in [5.41, 5.74) is 1.09. The lowest BCUT2D eigenvalue weighted by Crippen LogP contribution is -2.44. The highest BCUT2D eigenvalue weighted by Crippen LogP contribution is 2.24. The predicted molar refractivity (Wildman–Crippen MR) is 107 cm³/mol. The average molecular weight is 384 g/mol. The predicted octanol–water partition coefficient (Wildman–Crippen LogP) is 3.12. The first-order valence-electron chi connectivity index (χ1n) is 9.25. The molecule has 0 spiro atoms. The van der Waals surface area contributed by atoms with Gasteiger partial charge in [-0.05, 0) is 37.1 Å². The van der Waals surface area contributed by atoms with Crippen molar-refractivity contribution in [2.24, 2.45) is 5.92 Å². The molecule has 2 aromatic heterocycles. The second-order valence-electron chi connectivity index (χ2n) is 6.81. The summed E-state index contributed by atoms with van der Waals surface area (Å²) in [6.45, 7) is 2.86. The molecule has 6 nitrogen and oxygen atoms in total. The minimum absolute atomic E-state index is 0.0293. The van der Waals surface area contributed by atoms with Crippen LogP contribution >= 0.6 is 11.6 Å². The number of hydrogen-bond acceptors (Lipinski definition) is 4. The summed E-state index contributed by atoms with van der Waals surface area (Å²) in [4.78, 5) is 23.3. The number of nitrogens with one attached hydrogen (secondary N) is 1. The van der Waals surface area contributed by atoms with Gasteiger partial charge >= 0.3 is 0 Å². The van der Waals surface area contributed by atoms with Crippen LogP contribution in [0.5, 0.6) is 0 Å². The number of piperidine rings is 1. The lowest BCUT2D eigenvalue weighted by molar-refractivity contribution is -0.125. The number of benzene rings is 1. The highest BCUT2D eigenvalue weighted by Gasteiger charge is 2.26. The summed E-state index contributed by atoms with van der Waals surface area (Å²) in [6.07, 6.45) is 7.35. The highest BCUT2D eigenvalue weighted by atomic mass is 35.5. The molecule has 0 aliphatic carbocycles. The van der Waals surface area contributed by atoms with E-state index >= 15 is 0 Å². The second kappa shape index (κ2) is 7.96. The molecule has 3 aromatic rings. The van der Waals surface area contributed by atoms with E-state index in [1.54, 1.807) is 18.5 Å². The summed E-state index contributed by atoms with van der Waals surface area (Å²) >= 11 is 6.22. The molecule has 0 bridgehead atoms. The molecule has 1 amide bonds. The Morgan fingerprint density at radius 1 is 1.22 bits per heavy atom. The Morgan fingerprint density at radius 2 is 2.07 bits per heavy atom. The fourth-order valence-electron chi connectivity index (χ4n) is 3.65. The molecule has 3 heterocycles. The van der Waals surface area contributed by atoms with E-state index in [4.69, 9.17) is 11.6 Å². The Labute approximate surface area is 163 Å². The lowest BCUT2D eigenvalue weighted by Gasteiger charge is -2.31. The zero-order valence-corrected chi connectivity index (χ0v) is 15.8. The molecule has 1 N–H and O–H groups in total. The first kappa shape index (κ1) is 17.8. The molecule has 1 aromatic carbocycles. The number of rotatable bonds is 5. The quantitative estimate of drug-likeness (QED) is 0.735. The van der Waals surface area contributed by atoms with E-state index in [0.29, 0.717) is 25.6 Å². The number of carbonyl (C=O) groups excluding carboxylic acids is 1. The molecule has 140 valence electrons. The molecule has 0 saturated carbocycles. The zero-order valence-electron chi connectivity index (χ0n) is 15.0. The number of nitrogens with zero attached hydrogens (tertiary/aromatic N) is 4. The summed E-state index contributed by atoms with van der Waals surface area (Å²) in [5.74, 6) is 0.772. The van der Waals surface area contributed by atoms with Gasteiger partial charge in [0.15, 0.2) is 0 Å². The minimum atomic E-state index is -0.0293. The molecule has 1 fully saturated rings. The highest BCUT2D eigenvalue weighted by molar-refractivity contribution is 6.35. The molecule has 1 saturated heterocycles. The van der Waals surface area contributed by atoms with Gasteiger partial charge < -0.3 is 14.8 Å². The van der Waals surface area contributed by atoms with Crippen LogP contribution in [-0.4, -0.2) is 40.1 Å². The van der Waals surface area contributed by atoms with Crippen LogP contribution in [0.15, 0.2) is 48.9 Å². The van der Waals surface area contributed by atoms with Crippen molar-refractivity contribution < 1.29 is 4.79 Å². The SMILES string of the molecule is O=C(NCCn1ccc2c(Cl)cccc21)C1CCCN(c2ncccn2)C1. The van der Waals surface area contributed by atoms with E-state index in [1.807, 2.05) is 30.5 Å². The maximum absolute atomic E-state index is 12.6. The van der Waals surface area contributed by atoms with Gasteiger partial charge in [-0.15, -0.1) is 0 Å². The topological polar surface area (TPSA) is 63.1 Å². The van der Waals surface area contributed by atoms with Gasteiger partial charge in [-0.1, -0.05) is 17.7 Å². The maximum atomic E-state index is 12.6. The van der Waals surface area contributed by atoms with Crippen LogP contribution < -0.4 is 10.2 Å². The number of fused-ring (bicyclic) bond motifs is 1. The van der Waals surface area contributed by atoms with E-state index < -0.39 is 0 Å². The van der Waals surface area contributed by atoms with Gasteiger partial charge in [0.05, 0.1) is 5.92 Å². The number of halogens is 1. The minimum Gasteiger partial charge on any atom is -0.354 e. The Bertz CT molecular complexity index is 927. The Hall–Kier alpha value is -2.60. The molecular weight excluding hydrogens is 362 g/mol. The monoisotopic (exact) mass is 383 g/mol. The van der Waals surface area contributed by atoms with Crippen molar-refractivity contribution in [1.29, 1.82) is 0 Å². The molecule has 0 radical (unpaired) electrons. The van der Waals surface area contributed by atoms with Crippen molar-refractivity contribution in [3.05, 3.63) is 53.9 Å². The van der Waals surface area contributed by atoms with Gasteiger partial charge in [-0.3, -0.25) is 4.79 Å². The van der Waals surface area contributed by atoms with E-state index in [2.05, 4.69) is 24.8 Å². The van der Waals surface area contributed by atoms with Crippen LogP contribution in [-0.2, 0) is 11.3 Å². The van der Waals surface area contributed by atoms with Gasteiger partial charge in [0.25, 0.3) is 0 Å². The van der Waals surface area contributed by atoms with Crippen LogP contribution in [0.25, 0.3) is 10.9 Å². The van der Waals surface area contributed by atoms with Crippen molar-refractivity contribution in [2.45, 2.75) is 19.4 Å². The molecule has 4 rings (SSSR count). The Morgan fingerprint density at radius 3 is 2.93 bits per heavy atom. The molecular formula is C20H22ClN5O. The van der Waals surface area contributed by atoms with Crippen LogP contribution in [0.1, 0.15) is 12.8 Å². The first-order chi connectivity index (χ1) is 13.2. The zero-order chi connectivity index (χ0) is 18.6. The van der Waals surface area contributed by atoms with E-state index in [-0.39, 0.29) is 11.8 Å². The third kappa shape index (κ3) is 3.90. The number of amides is 1. The average Bonchev–Trinajstić information content (AvgIpc) is 3.13. The molecule has 1 unspecified atom stereocenters. The third-order valence-corrected chi connectivity index (χ3v) is 5.37. The standard InChI is InChI=1S/C20H22ClN5O/c21-17-5-1-6-18-16(17)7-12-25(18)13-10-22-19(27)15-4-2-11-26(14-15)20-23-8-3-9-24-20/h1,3,5-9,12,15H,2,4,10-11,13-14H2,(H,22,27). The molecule has 1 atom stereocenters. The van der Waals surface area contributed by atoms with Crippen LogP contribution in [0, 0.1) is 5.92 Å². The summed E-state index contributed by atoms with van der Waals surface area (Å²) in [5, 5.41) is 4.87. The first-order valence-corrected chi connectivity index (χ1v) is 9.63. The van der Waals surface area contributed by atoms with Gasteiger partial charge in [-0.25, -0.2) is 9.97 Å². The van der Waals surface area contributed by atoms with Crippen LogP contribution in [0.2, 0.25) is 5.02 Å². The number of hydrogen-bond donors (Lipinski definition) is 1. The number of aromatic nitrogens is 3. The molecule has 1 aliphatic heterocycles. The van der Waals surface area contributed by atoms with Gasteiger partial charge in [0, 0.05) is 60.7 Å². The fraction of sp³-hybridized carbons (Fsp3) is 0.350. The maximum Gasteiger partial charge on any atom is 0.225 e. The van der Waals surface area contributed by atoms with Crippen LogP contribution in [0.4, 0.5) is 5.95 Å². The number of carbonyl (C=O) groups is 1. The summed E-state index contributed by atoms with van der Waals surface area (Å²) in [6, 6.07) is 9.69. The van der Waals surface area contributed by atoms with Crippen molar-refractivity contribution in [3.8, 4) is 0 Å². The number of anilines is 1. The van der Waals surface area contributed by atoms with Gasteiger partial charge in [0.2, 0.25) is 11.9 Å². The Balaban J connectivity index is 1.33. The normalized spacial score (nSPS) is 17.2. The largest absolute Gasteiger partial charge is 0.354 e. The van der Waals surface area contributed by atoms with E-state index in [0.717, 1.165) is 35.3 Å². The van der Waals surface area contributed by atoms with E-state index in [1.165, 1.54) is 0 Å².